The van der Waals surface area contributed by atoms with Crippen LogP contribution in [0, 0.1) is 12.8 Å². The zero-order valence-electron chi connectivity index (χ0n) is 30.5. The first-order chi connectivity index (χ1) is 25.2. The summed E-state index contributed by atoms with van der Waals surface area (Å²) in [4.78, 5) is 48.6. The molecule has 3 aliphatic rings. The van der Waals surface area contributed by atoms with Crippen molar-refractivity contribution in [3.05, 3.63) is 87.4 Å². The number of urea groups is 1. The third-order valence-corrected chi connectivity index (χ3v) is 11.5. The maximum Gasteiger partial charge on any atom is 0.418 e. The molecule has 0 bridgehead atoms. The van der Waals surface area contributed by atoms with E-state index >= 15 is 0 Å². The number of para-hydroxylation sites is 1. The third kappa shape index (κ3) is 8.69. The summed E-state index contributed by atoms with van der Waals surface area (Å²) < 4.78 is 41.7. The molecule has 0 radical (unpaired) electrons. The molecule has 4 amide bonds. The Morgan fingerprint density at radius 1 is 0.962 bits per heavy atom. The first-order valence-corrected chi connectivity index (χ1v) is 18.7. The van der Waals surface area contributed by atoms with Crippen molar-refractivity contribution in [3.63, 3.8) is 0 Å². The van der Waals surface area contributed by atoms with E-state index in [4.69, 9.17) is 17.3 Å². The quantitative estimate of drug-likeness (QED) is 0.235. The van der Waals surface area contributed by atoms with E-state index in [1.807, 2.05) is 43.3 Å². The number of likely N-dealkylation sites (tertiary alicyclic amines) is 2. The van der Waals surface area contributed by atoms with Crippen LogP contribution in [0.4, 0.5) is 35.0 Å². The predicted octanol–water partition coefficient (Wildman–Crippen LogP) is 7.35. The van der Waals surface area contributed by atoms with Gasteiger partial charge in [-0.15, -0.1) is 0 Å². The summed E-state index contributed by atoms with van der Waals surface area (Å²) in [6.45, 7) is 4.44. The molecule has 1 atom stereocenters. The molecular formula is C40H48ClF3N6O3. The van der Waals surface area contributed by atoms with Gasteiger partial charge in [0.1, 0.15) is 0 Å². The number of anilines is 3. The third-order valence-electron chi connectivity index (χ3n) is 11.2. The van der Waals surface area contributed by atoms with E-state index in [2.05, 4.69) is 35.3 Å². The van der Waals surface area contributed by atoms with Crippen LogP contribution in [-0.4, -0.2) is 85.4 Å². The normalized spacial score (nSPS) is 17.9. The molecule has 2 saturated heterocycles. The SMILES string of the molecule is Cc1cc(N(C)C)ccc1C1CCN(C(=O)C(CC(=O)N2CCC(N3CCc4ccccc4NC3=O)CC2)Cc2cc(Cl)c(N)c(C(F)(F)F)c2)CC1. The lowest BCUT2D eigenvalue weighted by molar-refractivity contribution is -0.142. The highest BCUT2D eigenvalue weighted by Gasteiger charge is 2.37. The molecular weight excluding hydrogens is 705 g/mol. The van der Waals surface area contributed by atoms with Crippen LogP contribution in [0.25, 0.3) is 0 Å². The van der Waals surface area contributed by atoms with E-state index in [0.717, 1.165) is 42.3 Å². The fourth-order valence-electron chi connectivity index (χ4n) is 8.13. The number of hydrogen-bond acceptors (Lipinski definition) is 5. The van der Waals surface area contributed by atoms with Crippen LogP contribution in [0.15, 0.2) is 54.6 Å². The van der Waals surface area contributed by atoms with Crippen LogP contribution < -0.4 is 16.0 Å². The van der Waals surface area contributed by atoms with Gasteiger partial charge in [0.25, 0.3) is 0 Å². The second-order valence-corrected chi connectivity index (χ2v) is 15.2. The highest BCUT2D eigenvalue weighted by Crippen LogP contribution is 2.39. The average Bonchev–Trinajstić information content (AvgIpc) is 3.30. The van der Waals surface area contributed by atoms with Gasteiger partial charge in [0.05, 0.1) is 22.2 Å². The number of amides is 4. The number of fused-ring (bicyclic) bond motifs is 1. The highest BCUT2D eigenvalue weighted by molar-refractivity contribution is 6.33. The number of hydrogen-bond donors (Lipinski definition) is 2. The van der Waals surface area contributed by atoms with Gasteiger partial charge < -0.3 is 30.7 Å². The topological polar surface area (TPSA) is 102 Å². The second-order valence-electron chi connectivity index (χ2n) is 14.8. The Labute approximate surface area is 314 Å². The molecule has 6 rings (SSSR count). The molecule has 0 aromatic heterocycles. The first kappa shape index (κ1) is 38.3. The number of benzene rings is 3. The van der Waals surface area contributed by atoms with Crippen LogP contribution in [0.3, 0.4) is 0 Å². The van der Waals surface area contributed by atoms with Gasteiger partial charge in [-0.2, -0.15) is 13.2 Å². The summed E-state index contributed by atoms with van der Waals surface area (Å²) in [7, 11) is 4.00. The lowest BCUT2D eigenvalue weighted by atomic mass is 9.85. The smallest absolute Gasteiger partial charge is 0.397 e. The molecule has 0 spiro atoms. The number of carbonyl (C=O) groups is 3. The van der Waals surface area contributed by atoms with E-state index in [1.54, 1.807) is 9.80 Å². The Bertz CT molecular complexity index is 1840. The molecule has 0 aliphatic carbocycles. The van der Waals surface area contributed by atoms with E-state index < -0.39 is 23.3 Å². The van der Waals surface area contributed by atoms with Crippen molar-refractivity contribution in [1.82, 2.24) is 14.7 Å². The van der Waals surface area contributed by atoms with Gasteiger partial charge in [-0.3, -0.25) is 9.59 Å². The minimum absolute atomic E-state index is 0.0486. The summed E-state index contributed by atoms with van der Waals surface area (Å²) in [6.07, 6.45) is -1.62. The zero-order valence-corrected chi connectivity index (χ0v) is 31.3. The highest BCUT2D eigenvalue weighted by atomic mass is 35.5. The van der Waals surface area contributed by atoms with Crippen molar-refractivity contribution in [1.29, 1.82) is 0 Å². The van der Waals surface area contributed by atoms with Crippen LogP contribution >= 0.6 is 11.6 Å². The second kappa shape index (κ2) is 15.9. The number of halogens is 4. The van der Waals surface area contributed by atoms with Crippen molar-refractivity contribution >= 4 is 46.5 Å². The Morgan fingerprint density at radius 3 is 2.30 bits per heavy atom. The van der Waals surface area contributed by atoms with Crippen molar-refractivity contribution in [2.24, 2.45) is 5.92 Å². The molecule has 1 unspecified atom stereocenters. The minimum atomic E-state index is -4.73. The van der Waals surface area contributed by atoms with Gasteiger partial charge in [-0.1, -0.05) is 35.9 Å². The van der Waals surface area contributed by atoms with E-state index in [9.17, 15) is 27.6 Å². The summed E-state index contributed by atoms with van der Waals surface area (Å²) >= 11 is 6.17. The maximum atomic E-state index is 14.2. The van der Waals surface area contributed by atoms with Crippen molar-refractivity contribution < 1.29 is 27.6 Å². The van der Waals surface area contributed by atoms with Crippen LogP contribution in [0.2, 0.25) is 5.02 Å². The molecule has 3 aromatic carbocycles. The first-order valence-electron chi connectivity index (χ1n) is 18.3. The number of carbonyl (C=O) groups excluding carboxylic acids is 3. The molecule has 9 nitrogen and oxygen atoms in total. The molecule has 3 N–H and O–H groups in total. The summed E-state index contributed by atoms with van der Waals surface area (Å²) in [5, 5.41) is 2.77. The number of nitrogen functional groups attached to an aromatic ring is 1. The van der Waals surface area contributed by atoms with Crippen LogP contribution in [0.1, 0.15) is 65.8 Å². The largest absolute Gasteiger partial charge is 0.418 e. The number of nitrogens with two attached hydrogens (primary N) is 1. The zero-order chi connectivity index (χ0) is 38.0. The van der Waals surface area contributed by atoms with Gasteiger partial charge in [-0.05, 0) is 104 Å². The van der Waals surface area contributed by atoms with Crippen LogP contribution in [-0.2, 0) is 28.6 Å². The molecule has 3 heterocycles. The summed E-state index contributed by atoms with van der Waals surface area (Å²) in [6, 6.07) is 16.2. The van der Waals surface area contributed by atoms with E-state index in [1.165, 1.54) is 17.2 Å². The molecule has 3 aliphatic heterocycles. The van der Waals surface area contributed by atoms with Crippen molar-refractivity contribution in [2.75, 3.05) is 62.8 Å². The average molecular weight is 753 g/mol. The monoisotopic (exact) mass is 752 g/mol. The Kier molecular flexibility index (Phi) is 11.5. The molecule has 3 aromatic rings. The van der Waals surface area contributed by atoms with Gasteiger partial charge in [0, 0.05) is 70.7 Å². The van der Waals surface area contributed by atoms with Gasteiger partial charge in [0.2, 0.25) is 11.8 Å². The Balaban J connectivity index is 1.14. The minimum Gasteiger partial charge on any atom is -0.397 e. The van der Waals surface area contributed by atoms with Crippen molar-refractivity contribution in [2.45, 2.75) is 70.0 Å². The standard InChI is InChI=1S/C40H48ClF3N6O3/c1-25-20-31(47(2)3)8-9-32(25)27-10-15-49(16-11-27)38(52)29(21-26-22-33(40(42,43)44)37(45)34(41)23-26)24-36(51)48-17-13-30(14-18-48)50-19-12-28-6-4-5-7-35(28)46-39(50)53/h4-9,20,22-23,27,29-30H,10-19,21,24,45H2,1-3H3,(H,46,53). The number of alkyl halides is 3. The number of rotatable bonds is 8. The summed E-state index contributed by atoms with van der Waals surface area (Å²) in [5.41, 5.74) is 9.72. The van der Waals surface area contributed by atoms with E-state index in [0.29, 0.717) is 45.6 Å². The Hall–Kier alpha value is -4.45. The van der Waals surface area contributed by atoms with E-state index in [-0.39, 0.29) is 53.2 Å². The number of nitrogens with zero attached hydrogens (tertiary/aromatic N) is 4. The molecule has 13 heteroatoms. The maximum absolute atomic E-state index is 14.2. The molecule has 0 saturated carbocycles. The Morgan fingerprint density at radius 2 is 1.64 bits per heavy atom. The van der Waals surface area contributed by atoms with Crippen molar-refractivity contribution in [3.8, 4) is 0 Å². The molecule has 2 fully saturated rings. The van der Waals surface area contributed by atoms with Gasteiger partial charge >= 0.3 is 12.2 Å². The molecule has 53 heavy (non-hydrogen) atoms. The van der Waals surface area contributed by atoms with Gasteiger partial charge in [0.15, 0.2) is 0 Å². The summed E-state index contributed by atoms with van der Waals surface area (Å²) in [5.74, 6) is -1.12. The number of nitrogens with one attached hydrogen (secondary N) is 1. The fourth-order valence-corrected chi connectivity index (χ4v) is 8.37. The lowest BCUT2D eigenvalue weighted by Gasteiger charge is -2.39. The number of aryl methyl sites for hydroxylation is 1. The van der Waals surface area contributed by atoms with Crippen LogP contribution in [0.5, 0.6) is 0 Å². The fraction of sp³-hybridized carbons (Fsp3) is 0.475. The molecule has 284 valence electrons. The van der Waals surface area contributed by atoms with Gasteiger partial charge in [-0.25, -0.2) is 4.79 Å². The lowest BCUT2D eigenvalue weighted by Crippen LogP contribution is -2.50. The number of piperidine rings is 2. The predicted molar refractivity (Wildman–Crippen MR) is 202 cm³/mol.